The van der Waals surface area contributed by atoms with Crippen LogP contribution in [0.3, 0.4) is 0 Å². The lowest BCUT2D eigenvalue weighted by atomic mass is 10.1. The number of fused-ring (bicyclic) bond motifs is 1. The molecule has 1 saturated heterocycles. The van der Waals surface area contributed by atoms with Gasteiger partial charge in [-0.05, 0) is 36.4 Å². The van der Waals surface area contributed by atoms with E-state index in [0.29, 0.717) is 37.5 Å². The lowest BCUT2D eigenvalue weighted by Crippen LogP contribution is -2.49. The van der Waals surface area contributed by atoms with E-state index in [2.05, 4.69) is 15.1 Å². The van der Waals surface area contributed by atoms with Crippen molar-refractivity contribution in [2.75, 3.05) is 37.9 Å². The summed E-state index contributed by atoms with van der Waals surface area (Å²) in [5.41, 5.74) is 1.85. The van der Waals surface area contributed by atoms with Crippen LogP contribution in [-0.2, 0) is 0 Å². The fourth-order valence-electron chi connectivity index (χ4n) is 3.78. The summed E-state index contributed by atoms with van der Waals surface area (Å²) in [6, 6.07) is 15.3. The zero-order valence-electron chi connectivity index (χ0n) is 17.0. The van der Waals surface area contributed by atoms with Crippen molar-refractivity contribution in [2.24, 2.45) is 0 Å². The van der Waals surface area contributed by atoms with Crippen molar-refractivity contribution in [3.63, 3.8) is 0 Å². The van der Waals surface area contributed by atoms with Gasteiger partial charge in [0.15, 0.2) is 17.3 Å². The van der Waals surface area contributed by atoms with Gasteiger partial charge in [-0.15, -0.1) is 10.2 Å². The van der Waals surface area contributed by atoms with Crippen molar-refractivity contribution in [1.29, 1.82) is 0 Å². The number of piperazine rings is 1. The van der Waals surface area contributed by atoms with E-state index in [4.69, 9.17) is 9.47 Å². The highest BCUT2D eigenvalue weighted by Gasteiger charge is 2.24. The van der Waals surface area contributed by atoms with Crippen molar-refractivity contribution in [3.8, 4) is 22.8 Å². The Morgan fingerprint density at radius 2 is 1.75 bits per heavy atom. The number of carbonyl (C=O) groups is 1. The average molecular weight is 433 g/mol. The number of rotatable bonds is 4. The maximum absolute atomic E-state index is 12.7. The smallest absolute Gasteiger partial charge is 0.270 e. The molecule has 5 rings (SSSR count). The van der Waals surface area contributed by atoms with Crippen molar-refractivity contribution in [1.82, 2.24) is 15.1 Å². The monoisotopic (exact) mass is 433 g/mol. The molecule has 3 aromatic rings. The van der Waals surface area contributed by atoms with Gasteiger partial charge in [0.1, 0.15) is 0 Å². The number of benzene rings is 2. The lowest BCUT2D eigenvalue weighted by molar-refractivity contribution is -0.384. The summed E-state index contributed by atoms with van der Waals surface area (Å²) in [5.74, 6) is 1.93. The number of non-ortho nitro benzene ring substituents is 1. The standard InChI is InChI=1S/C22H19N5O5/c28-22(16-2-1-3-17(12-16)27(29)30)26-10-8-25(9-11-26)21-7-5-18(23-24-21)15-4-6-19-20(13-15)32-14-31-19/h1-7,12-13H,8-11,14H2. The minimum absolute atomic E-state index is 0.0905. The molecule has 32 heavy (non-hydrogen) atoms. The Hall–Kier alpha value is -4.21. The van der Waals surface area contributed by atoms with E-state index in [1.807, 2.05) is 30.3 Å². The number of aromatic nitrogens is 2. The number of nitro groups is 1. The first-order valence-corrected chi connectivity index (χ1v) is 10.1. The maximum Gasteiger partial charge on any atom is 0.270 e. The number of hydrogen-bond donors (Lipinski definition) is 0. The van der Waals surface area contributed by atoms with E-state index < -0.39 is 4.92 Å². The van der Waals surface area contributed by atoms with Crippen LogP contribution in [-0.4, -0.2) is 58.9 Å². The molecule has 0 unspecified atom stereocenters. The molecule has 2 aromatic carbocycles. The second-order valence-corrected chi connectivity index (χ2v) is 7.43. The van der Waals surface area contributed by atoms with Crippen LogP contribution in [0.4, 0.5) is 11.5 Å². The Balaban J connectivity index is 1.23. The predicted octanol–water partition coefficient (Wildman–Crippen LogP) is 2.74. The number of anilines is 1. The Kier molecular flexibility index (Phi) is 5.02. The van der Waals surface area contributed by atoms with Gasteiger partial charge < -0.3 is 19.3 Å². The van der Waals surface area contributed by atoms with E-state index in [-0.39, 0.29) is 18.4 Å². The zero-order valence-corrected chi connectivity index (χ0v) is 17.0. The fraction of sp³-hybridized carbons (Fsp3) is 0.227. The van der Waals surface area contributed by atoms with Gasteiger partial charge in [0.2, 0.25) is 6.79 Å². The first-order chi connectivity index (χ1) is 15.6. The lowest BCUT2D eigenvalue weighted by Gasteiger charge is -2.35. The quantitative estimate of drug-likeness (QED) is 0.456. The van der Waals surface area contributed by atoms with Gasteiger partial charge in [-0.2, -0.15) is 0 Å². The molecule has 0 spiro atoms. The molecule has 0 radical (unpaired) electrons. The number of amides is 1. The maximum atomic E-state index is 12.7. The molecule has 0 aliphatic carbocycles. The summed E-state index contributed by atoms with van der Waals surface area (Å²) in [6.07, 6.45) is 0. The molecular formula is C22H19N5O5. The molecule has 1 aromatic heterocycles. The molecule has 10 heteroatoms. The van der Waals surface area contributed by atoms with E-state index in [0.717, 1.165) is 22.8 Å². The largest absolute Gasteiger partial charge is 0.454 e. The van der Waals surface area contributed by atoms with Crippen LogP contribution in [0.1, 0.15) is 10.4 Å². The van der Waals surface area contributed by atoms with Crippen LogP contribution in [0.5, 0.6) is 11.5 Å². The second kappa shape index (κ2) is 8.14. The first kappa shape index (κ1) is 19.7. The Morgan fingerprint density at radius 3 is 2.50 bits per heavy atom. The Bertz CT molecular complexity index is 1180. The molecule has 1 fully saturated rings. The fourth-order valence-corrected chi connectivity index (χ4v) is 3.78. The van der Waals surface area contributed by atoms with Gasteiger partial charge in [0.25, 0.3) is 11.6 Å². The topological polar surface area (TPSA) is 111 Å². The summed E-state index contributed by atoms with van der Waals surface area (Å²) in [4.78, 5) is 27.0. The van der Waals surface area contributed by atoms with Crippen LogP contribution >= 0.6 is 0 Å². The van der Waals surface area contributed by atoms with E-state index in [1.165, 1.54) is 18.2 Å². The molecule has 2 aliphatic rings. The van der Waals surface area contributed by atoms with Gasteiger partial charge in [-0.3, -0.25) is 14.9 Å². The van der Waals surface area contributed by atoms with Crippen LogP contribution in [0.15, 0.2) is 54.6 Å². The molecule has 162 valence electrons. The van der Waals surface area contributed by atoms with Gasteiger partial charge >= 0.3 is 0 Å². The molecule has 0 atom stereocenters. The highest BCUT2D eigenvalue weighted by molar-refractivity contribution is 5.95. The molecule has 2 aliphatic heterocycles. The molecule has 10 nitrogen and oxygen atoms in total. The van der Waals surface area contributed by atoms with Crippen LogP contribution < -0.4 is 14.4 Å². The van der Waals surface area contributed by atoms with Gasteiger partial charge in [0, 0.05) is 49.4 Å². The highest BCUT2D eigenvalue weighted by Crippen LogP contribution is 2.35. The number of carbonyl (C=O) groups excluding carboxylic acids is 1. The molecule has 1 amide bonds. The molecule has 3 heterocycles. The average Bonchev–Trinajstić information content (AvgIpc) is 3.32. The van der Waals surface area contributed by atoms with Crippen molar-refractivity contribution in [3.05, 3.63) is 70.3 Å². The normalized spacial score (nSPS) is 15.0. The molecule has 0 saturated carbocycles. The molecular weight excluding hydrogens is 414 g/mol. The van der Waals surface area contributed by atoms with Gasteiger partial charge in [0.05, 0.1) is 10.6 Å². The number of ether oxygens (including phenoxy) is 2. The van der Waals surface area contributed by atoms with Crippen LogP contribution in [0.2, 0.25) is 0 Å². The van der Waals surface area contributed by atoms with Gasteiger partial charge in [-0.1, -0.05) is 6.07 Å². The highest BCUT2D eigenvalue weighted by atomic mass is 16.7. The SMILES string of the molecule is O=C(c1cccc([N+](=O)[O-])c1)N1CCN(c2ccc(-c3ccc4c(c3)OCO4)nn2)CC1. The van der Waals surface area contributed by atoms with Crippen LogP contribution in [0, 0.1) is 10.1 Å². The van der Waals surface area contributed by atoms with Crippen molar-refractivity contribution >= 4 is 17.4 Å². The second-order valence-electron chi connectivity index (χ2n) is 7.43. The third kappa shape index (κ3) is 3.78. The van der Waals surface area contributed by atoms with E-state index in [1.54, 1.807) is 11.0 Å². The summed E-state index contributed by atoms with van der Waals surface area (Å²) >= 11 is 0. The predicted molar refractivity (Wildman–Crippen MR) is 115 cm³/mol. The summed E-state index contributed by atoms with van der Waals surface area (Å²) in [6.45, 7) is 2.40. The van der Waals surface area contributed by atoms with Crippen molar-refractivity contribution < 1.29 is 19.2 Å². The summed E-state index contributed by atoms with van der Waals surface area (Å²) in [7, 11) is 0. The van der Waals surface area contributed by atoms with E-state index in [9.17, 15) is 14.9 Å². The molecule has 0 N–H and O–H groups in total. The zero-order chi connectivity index (χ0) is 22.1. The number of hydrogen-bond acceptors (Lipinski definition) is 8. The van der Waals surface area contributed by atoms with E-state index >= 15 is 0 Å². The first-order valence-electron chi connectivity index (χ1n) is 10.1. The molecule has 0 bridgehead atoms. The van der Waals surface area contributed by atoms with Gasteiger partial charge in [-0.25, -0.2) is 0 Å². The summed E-state index contributed by atoms with van der Waals surface area (Å²) < 4.78 is 10.7. The number of nitro benzene ring substituents is 1. The minimum atomic E-state index is -0.499. The summed E-state index contributed by atoms with van der Waals surface area (Å²) in [5, 5.41) is 19.7. The van der Waals surface area contributed by atoms with Crippen molar-refractivity contribution in [2.45, 2.75) is 0 Å². The Labute approximate surface area is 183 Å². The minimum Gasteiger partial charge on any atom is -0.454 e. The third-order valence-corrected chi connectivity index (χ3v) is 5.51. The third-order valence-electron chi connectivity index (χ3n) is 5.51. The Morgan fingerprint density at radius 1 is 0.938 bits per heavy atom. The van der Waals surface area contributed by atoms with Crippen LogP contribution in [0.25, 0.3) is 11.3 Å². The number of nitrogens with zero attached hydrogens (tertiary/aromatic N) is 5.